The van der Waals surface area contributed by atoms with Gasteiger partial charge in [-0.25, -0.2) is 13.1 Å². The molecule has 2 amide bonds. The van der Waals surface area contributed by atoms with Gasteiger partial charge in [0.1, 0.15) is 0 Å². The first-order chi connectivity index (χ1) is 9.95. The standard InChI is InChI=1S/C14H16N2O4S/c1-2-10-15-21(19,20)12-8-6-11(7-9-12)16-13(17)4-3-5-14(16)18/h2,6-9,15H,1,3-5,10H2. The number of rotatable bonds is 5. The molecule has 1 N–H and O–H groups in total. The van der Waals surface area contributed by atoms with Crippen LogP contribution in [0.1, 0.15) is 19.3 Å². The summed E-state index contributed by atoms with van der Waals surface area (Å²) >= 11 is 0. The Labute approximate surface area is 123 Å². The number of benzene rings is 1. The monoisotopic (exact) mass is 308 g/mol. The van der Waals surface area contributed by atoms with Gasteiger partial charge in [-0.05, 0) is 30.7 Å². The van der Waals surface area contributed by atoms with Crippen molar-refractivity contribution >= 4 is 27.5 Å². The first-order valence-electron chi connectivity index (χ1n) is 6.52. The van der Waals surface area contributed by atoms with Crippen LogP contribution in [-0.2, 0) is 19.6 Å². The van der Waals surface area contributed by atoms with Gasteiger partial charge in [0.2, 0.25) is 21.8 Å². The Kier molecular flexibility index (Phi) is 4.54. The lowest BCUT2D eigenvalue weighted by atomic mass is 10.1. The van der Waals surface area contributed by atoms with E-state index in [1.807, 2.05) is 0 Å². The van der Waals surface area contributed by atoms with Crippen molar-refractivity contribution in [3.8, 4) is 0 Å². The first-order valence-corrected chi connectivity index (χ1v) is 8.00. The molecule has 1 fully saturated rings. The summed E-state index contributed by atoms with van der Waals surface area (Å²) < 4.78 is 26.2. The van der Waals surface area contributed by atoms with Crippen LogP contribution in [0, 0.1) is 0 Å². The normalized spacial score (nSPS) is 16.1. The number of hydrogen-bond donors (Lipinski definition) is 1. The number of nitrogens with zero attached hydrogens (tertiary/aromatic N) is 1. The molecule has 1 saturated heterocycles. The van der Waals surface area contributed by atoms with E-state index in [2.05, 4.69) is 11.3 Å². The van der Waals surface area contributed by atoms with Crippen LogP contribution in [0.2, 0.25) is 0 Å². The molecule has 1 aliphatic rings. The van der Waals surface area contributed by atoms with Crippen molar-refractivity contribution in [1.29, 1.82) is 0 Å². The van der Waals surface area contributed by atoms with Crippen LogP contribution in [0.25, 0.3) is 0 Å². The molecule has 1 aromatic carbocycles. The number of piperidine rings is 1. The summed E-state index contributed by atoms with van der Waals surface area (Å²) in [5.74, 6) is -0.515. The summed E-state index contributed by atoms with van der Waals surface area (Å²) in [6, 6.07) is 5.67. The minimum atomic E-state index is -3.61. The van der Waals surface area contributed by atoms with Gasteiger partial charge in [0.25, 0.3) is 0 Å². The predicted octanol–water partition coefficient (Wildman–Crippen LogP) is 1.19. The van der Waals surface area contributed by atoms with Crippen molar-refractivity contribution in [2.75, 3.05) is 11.4 Å². The zero-order valence-electron chi connectivity index (χ0n) is 11.4. The molecular weight excluding hydrogens is 292 g/mol. The summed E-state index contributed by atoms with van der Waals surface area (Å²) in [5, 5.41) is 0. The van der Waals surface area contributed by atoms with E-state index in [1.165, 1.54) is 30.3 Å². The lowest BCUT2D eigenvalue weighted by Gasteiger charge is -2.24. The van der Waals surface area contributed by atoms with Crippen LogP contribution in [0.3, 0.4) is 0 Å². The zero-order valence-corrected chi connectivity index (χ0v) is 12.2. The molecule has 1 aliphatic heterocycles. The molecule has 0 radical (unpaired) electrons. The molecule has 0 bridgehead atoms. The maximum Gasteiger partial charge on any atom is 0.240 e. The summed E-state index contributed by atoms with van der Waals surface area (Å²) in [5.41, 5.74) is 0.396. The van der Waals surface area contributed by atoms with Gasteiger partial charge in [0.05, 0.1) is 10.6 Å². The molecule has 1 heterocycles. The number of carbonyl (C=O) groups is 2. The average Bonchev–Trinajstić information content (AvgIpc) is 2.45. The average molecular weight is 308 g/mol. The minimum Gasteiger partial charge on any atom is -0.274 e. The molecule has 0 saturated carbocycles. The van der Waals surface area contributed by atoms with E-state index in [4.69, 9.17) is 0 Å². The highest BCUT2D eigenvalue weighted by Crippen LogP contribution is 2.23. The fraction of sp³-hybridized carbons (Fsp3) is 0.286. The van der Waals surface area contributed by atoms with Crippen molar-refractivity contribution in [3.05, 3.63) is 36.9 Å². The number of sulfonamides is 1. The third kappa shape index (κ3) is 3.37. The highest BCUT2D eigenvalue weighted by atomic mass is 32.2. The third-order valence-electron chi connectivity index (χ3n) is 3.10. The molecule has 2 rings (SSSR count). The fourth-order valence-electron chi connectivity index (χ4n) is 2.07. The molecule has 0 aromatic heterocycles. The Balaban J connectivity index is 2.24. The molecule has 0 spiro atoms. The van der Waals surface area contributed by atoms with Crippen molar-refractivity contribution < 1.29 is 18.0 Å². The smallest absolute Gasteiger partial charge is 0.240 e. The SMILES string of the molecule is C=CCNS(=O)(=O)c1ccc(N2C(=O)CCCC2=O)cc1. The molecule has 21 heavy (non-hydrogen) atoms. The van der Waals surface area contributed by atoms with Gasteiger partial charge in [0.15, 0.2) is 0 Å². The van der Waals surface area contributed by atoms with Crippen LogP contribution in [-0.4, -0.2) is 26.8 Å². The fourth-order valence-corrected chi connectivity index (χ4v) is 3.07. The van der Waals surface area contributed by atoms with Crippen LogP contribution >= 0.6 is 0 Å². The van der Waals surface area contributed by atoms with Gasteiger partial charge in [0, 0.05) is 19.4 Å². The Bertz CT molecular complexity index is 649. The summed E-state index contributed by atoms with van der Waals surface area (Å²) in [7, 11) is -3.61. The minimum absolute atomic E-state index is 0.0741. The highest BCUT2D eigenvalue weighted by molar-refractivity contribution is 7.89. The number of imide groups is 1. The van der Waals surface area contributed by atoms with Crippen molar-refractivity contribution in [2.24, 2.45) is 0 Å². The van der Waals surface area contributed by atoms with E-state index < -0.39 is 10.0 Å². The lowest BCUT2D eigenvalue weighted by molar-refractivity contribution is -0.129. The number of carbonyl (C=O) groups excluding carboxylic acids is 2. The largest absolute Gasteiger partial charge is 0.274 e. The van der Waals surface area contributed by atoms with Crippen molar-refractivity contribution in [3.63, 3.8) is 0 Å². The Hall–Kier alpha value is -1.99. The Morgan fingerprint density at radius 1 is 1.14 bits per heavy atom. The van der Waals surface area contributed by atoms with E-state index >= 15 is 0 Å². The Morgan fingerprint density at radius 2 is 1.71 bits per heavy atom. The molecule has 0 unspecified atom stereocenters. The van der Waals surface area contributed by atoms with Gasteiger partial charge in [-0.3, -0.25) is 14.5 Å². The van der Waals surface area contributed by atoms with E-state index in [1.54, 1.807) is 0 Å². The van der Waals surface area contributed by atoms with Crippen LogP contribution in [0.15, 0.2) is 41.8 Å². The molecule has 0 aliphatic carbocycles. The van der Waals surface area contributed by atoms with Crippen LogP contribution < -0.4 is 9.62 Å². The first kappa shape index (κ1) is 15.4. The molecule has 6 nitrogen and oxygen atoms in total. The van der Waals surface area contributed by atoms with Crippen molar-refractivity contribution in [1.82, 2.24) is 4.72 Å². The van der Waals surface area contributed by atoms with Crippen LogP contribution in [0.5, 0.6) is 0 Å². The maximum atomic E-state index is 11.9. The highest BCUT2D eigenvalue weighted by Gasteiger charge is 2.27. The predicted molar refractivity (Wildman–Crippen MR) is 78.2 cm³/mol. The van der Waals surface area contributed by atoms with E-state index in [-0.39, 0.29) is 23.3 Å². The van der Waals surface area contributed by atoms with E-state index in [9.17, 15) is 18.0 Å². The van der Waals surface area contributed by atoms with Crippen molar-refractivity contribution in [2.45, 2.75) is 24.2 Å². The second-order valence-electron chi connectivity index (χ2n) is 4.61. The molecule has 112 valence electrons. The van der Waals surface area contributed by atoms with Gasteiger partial charge in [-0.2, -0.15) is 0 Å². The number of amides is 2. The van der Waals surface area contributed by atoms with Gasteiger partial charge >= 0.3 is 0 Å². The van der Waals surface area contributed by atoms with Gasteiger partial charge in [-0.1, -0.05) is 6.08 Å². The summed E-state index contributed by atoms with van der Waals surface area (Å²) in [6.45, 7) is 3.57. The second-order valence-corrected chi connectivity index (χ2v) is 6.38. The van der Waals surface area contributed by atoms with Gasteiger partial charge < -0.3 is 0 Å². The van der Waals surface area contributed by atoms with E-state index in [0.29, 0.717) is 24.9 Å². The zero-order chi connectivity index (χ0) is 15.5. The van der Waals surface area contributed by atoms with Crippen LogP contribution in [0.4, 0.5) is 5.69 Å². The molecule has 0 atom stereocenters. The number of hydrogen-bond acceptors (Lipinski definition) is 4. The Morgan fingerprint density at radius 3 is 2.24 bits per heavy atom. The quantitative estimate of drug-likeness (QED) is 0.654. The summed E-state index contributed by atoms with van der Waals surface area (Å²) in [4.78, 5) is 24.8. The van der Waals surface area contributed by atoms with E-state index in [0.717, 1.165) is 4.90 Å². The number of nitrogens with one attached hydrogen (secondary N) is 1. The molecule has 1 aromatic rings. The topological polar surface area (TPSA) is 83.6 Å². The molecular formula is C14H16N2O4S. The summed E-state index contributed by atoms with van der Waals surface area (Å²) in [6.07, 6.45) is 2.66. The maximum absolute atomic E-state index is 11.9. The second kappa shape index (κ2) is 6.19. The molecule has 7 heteroatoms. The lowest BCUT2D eigenvalue weighted by Crippen LogP contribution is -2.40. The van der Waals surface area contributed by atoms with Gasteiger partial charge in [-0.15, -0.1) is 6.58 Å². The third-order valence-corrected chi connectivity index (χ3v) is 4.54. The number of anilines is 1.